The van der Waals surface area contributed by atoms with Crippen molar-refractivity contribution in [3.8, 4) is 6.07 Å². The molecule has 0 aliphatic heterocycles. The highest BCUT2D eigenvalue weighted by Gasteiger charge is 2.13. The van der Waals surface area contributed by atoms with Crippen molar-refractivity contribution < 1.29 is 0 Å². The standard InChI is InChI=1S/C12H17N3/c1-4-7-15(10(2)3)12-9-14-6-5-11(12)8-13/h5-6,9-10H,4,7H2,1-3H3. The molecule has 0 saturated heterocycles. The summed E-state index contributed by atoms with van der Waals surface area (Å²) in [6.45, 7) is 7.35. The molecule has 0 fully saturated rings. The van der Waals surface area contributed by atoms with Crippen LogP contribution < -0.4 is 4.90 Å². The fourth-order valence-corrected chi connectivity index (χ4v) is 1.61. The number of aromatic nitrogens is 1. The molecule has 1 heterocycles. The van der Waals surface area contributed by atoms with Crippen LogP contribution in [0.25, 0.3) is 0 Å². The van der Waals surface area contributed by atoms with E-state index in [9.17, 15) is 0 Å². The fourth-order valence-electron chi connectivity index (χ4n) is 1.61. The maximum absolute atomic E-state index is 9.01. The van der Waals surface area contributed by atoms with Crippen molar-refractivity contribution in [3.05, 3.63) is 24.0 Å². The van der Waals surface area contributed by atoms with Crippen LogP contribution in [0.3, 0.4) is 0 Å². The lowest BCUT2D eigenvalue weighted by Crippen LogP contribution is -2.32. The predicted octanol–water partition coefficient (Wildman–Crippen LogP) is 2.58. The Hall–Kier alpha value is -1.56. The number of nitrogens with zero attached hydrogens (tertiary/aromatic N) is 3. The Morgan fingerprint density at radius 3 is 2.80 bits per heavy atom. The van der Waals surface area contributed by atoms with Crippen molar-refractivity contribution in [3.63, 3.8) is 0 Å². The molecule has 1 aromatic heterocycles. The van der Waals surface area contributed by atoms with Gasteiger partial charge in [0.25, 0.3) is 0 Å². The predicted molar refractivity (Wildman–Crippen MR) is 61.7 cm³/mol. The van der Waals surface area contributed by atoms with E-state index in [4.69, 9.17) is 5.26 Å². The first-order valence-electron chi connectivity index (χ1n) is 5.31. The minimum atomic E-state index is 0.390. The van der Waals surface area contributed by atoms with E-state index in [0.29, 0.717) is 11.6 Å². The number of pyridine rings is 1. The molecular weight excluding hydrogens is 186 g/mol. The lowest BCUT2D eigenvalue weighted by molar-refractivity contribution is 0.669. The van der Waals surface area contributed by atoms with Gasteiger partial charge in [0.15, 0.2) is 0 Å². The molecule has 3 heteroatoms. The van der Waals surface area contributed by atoms with E-state index >= 15 is 0 Å². The van der Waals surface area contributed by atoms with Crippen LogP contribution in [0.4, 0.5) is 5.69 Å². The number of hydrogen-bond donors (Lipinski definition) is 0. The summed E-state index contributed by atoms with van der Waals surface area (Å²) in [5, 5.41) is 9.01. The third kappa shape index (κ3) is 2.69. The Balaban J connectivity index is 3.05. The normalized spacial score (nSPS) is 10.1. The molecule has 15 heavy (non-hydrogen) atoms. The highest BCUT2D eigenvalue weighted by Crippen LogP contribution is 2.20. The van der Waals surface area contributed by atoms with Crippen molar-refractivity contribution in [2.45, 2.75) is 33.2 Å². The minimum absolute atomic E-state index is 0.390. The summed E-state index contributed by atoms with van der Waals surface area (Å²) in [6, 6.07) is 4.36. The number of nitriles is 1. The molecule has 0 unspecified atom stereocenters. The van der Waals surface area contributed by atoms with Crippen LogP contribution in [0.2, 0.25) is 0 Å². The smallest absolute Gasteiger partial charge is 0.101 e. The van der Waals surface area contributed by atoms with Crippen molar-refractivity contribution >= 4 is 5.69 Å². The maximum atomic E-state index is 9.01. The van der Waals surface area contributed by atoms with E-state index in [2.05, 4.69) is 36.7 Å². The molecule has 0 amide bonds. The maximum Gasteiger partial charge on any atom is 0.101 e. The monoisotopic (exact) mass is 203 g/mol. The molecule has 0 saturated carbocycles. The van der Waals surface area contributed by atoms with Crippen LogP contribution in [-0.4, -0.2) is 17.6 Å². The molecule has 0 atom stereocenters. The number of hydrogen-bond acceptors (Lipinski definition) is 3. The first-order valence-corrected chi connectivity index (χ1v) is 5.31. The van der Waals surface area contributed by atoms with E-state index in [1.165, 1.54) is 0 Å². The van der Waals surface area contributed by atoms with Crippen LogP contribution in [0.1, 0.15) is 32.8 Å². The summed E-state index contributed by atoms with van der Waals surface area (Å²) in [6.07, 6.45) is 4.50. The van der Waals surface area contributed by atoms with Gasteiger partial charge in [0, 0.05) is 18.8 Å². The van der Waals surface area contributed by atoms with Gasteiger partial charge in [-0.15, -0.1) is 0 Å². The van der Waals surface area contributed by atoms with Crippen LogP contribution in [0, 0.1) is 11.3 Å². The average Bonchev–Trinajstić information content (AvgIpc) is 2.25. The molecule has 0 bridgehead atoms. The van der Waals surface area contributed by atoms with Crippen molar-refractivity contribution in [2.75, 3.05) is 11.4 Å². The molecule has 1 rings (SSSR count). The molecule has 0 aromatic carbocycles. The Morgan fingerprint density at radius 1 is 1.53 bits per heavy atom. The van der Waals surface area contributed by atoms with Gasteiger partial charge in [-0.1, -0.05) is 6.92 Å². The zero-order chi connectivity index (χ0) is 11.3. The van der Waals surface area contributed by atoms with E-state index < -0.39 is 0 Å². The van der Waals surface area contributed by atoms with Gasteiger partial charge >= 0.3 is 0 Å². The average molecular weight is 203 g/mol. The van der Waals surface area contributed by atoms with E-state index in [1.807, 2.05) is 0 Å². The lowest BCUT2D eigenvalue weighted by Gasteiger charge is -2.28. The summed E-state index contributed by atoms with van der Waals surface area (Å²) < 4.78 is 0. The SMILES string of the molecule is CCCN(c1cnccc1C#N)C(C)C. The topological polar surface area (TPSA) is 39.9 Å². The van der Waals surface area contributed by atoms with Gasteiger partial charge in [0.2, 0.25) is 0 Å². The molecular formula is C12H17N3. The van der Waals surface area contributed by atoms with Crippen molar-refractivity contribution in [1.29, 1.82) is 5.26 Å². The number of anilines is 1. The first-order chi connectivity index (χ1) is 7.20. The summed E-state index contributed by atoms with van der Waals surface area (Å²) in [5.74, 6) is 0. The fraction of sp³-hybridized carbons (Fsp3) is 0.500. The van der Waals surface area contributed by atoms with Gasteiger partial charge in [-0.2, -0.15) is 5.26 Å². The second-order valence-corrected chi connectivity index (χ2v) is 3.79. The van der Waals surface area contributed by atoms with E-state index in [0.717, 1.165) is 18.7 Å². The molecule has 1 aromatic rings. The highest BCUT2D eigenvalue weighted by molar-refractivity contribution is 5.57. The Labute approximate surface area is 91.4 Å². The summed E-state index contributed by atoms with van der Waals surface area (Å²) in [7, 11) is 0. The summed E-state index contributed by atoms with van der Waals surface area (Å²) >= 11 is 0. The molecule has 0 aliphatic carbocycles. The Kier molecular flexibility index (Phi) is 4.11. The van der Waals surface area contributed by atoms with Crippen LogP contribution in [-0.2, 0) is 0 Å². The molecule has 0 spiro atoms. The van der Waals surface area contributed by atoms with Gasteiger partial charge in [0.1, 0.15) is 6.07 Å². The van der Waals surface area contributed by atoms with Crippen molar-refractivity contribution in [1.82, 2.24) is 4.98 Å². The quantitative estimate of drug-likeness (QED) is 0.755. The molecule has 0 radical (unpaired) electrons. The van der Waals surface area contributed by atoms with Gasteiger partial charge in [0.05, 0.1) is 17.4 Å². The van der Waals surface area contributed by atoms with Gasteiger partial charge in [-0.25, -0.2) is 0 Å². The van der Waals surface area contributed by atoms with Crippen LogP contribution >= 0.6 is 0 Å². The third-order valence-corrected chi connectivity index (χ3v) is 2.32. The zero-order valence-corrected chi connectivity index (χ0v) is 9.57. The highest BCUT2D eigenvalue weighted by atomic mass is 15.2. The largest absolute Gasteiger partial charge is 0.367 e. The van der Waals surface area contributed by atoms with Crippen LogP contribution in [0.15, 0.2) is 18.5 Å². The summed E-state index contributed by atoms with van der Waals surface area (Å²) in [4.78, 5) is 6.30. The summed E-state index contributed by atoms with van der Waals surface area (Å²) in [5.41, 5.74) is 1.64. The second kappa shape index (κ2) is 5.35. The van der Waals surface area contributed by atoms with E-state index in [-0.39, 0.29) is 0 Å². The number of rotatable bonds is 4. The van der Waals surface area contributed by atoms with Crippen LogP contribution in [0.5, 0.6) is 0 Å². The lowest BCUT2D eigenvalue weighted by atomic mass is 10.2. The minimum Gasteiger partial charge on any atom is -0.367 e. The molecule has 0 N–H and O–H groups in total. The first kappa shape index (κ1) is 11.5. The Bertz CT molecular complexity index is 352. The van der Waals surface area contributed by atoms with Gasteiger partial charge in [-0.05, 0) is 26.3 Å². The van der Waals surface area contributed by atoms with E-state index in [1.54, 1.807) is 18.5 Å². The second-order valence-electron chi connectivity index (χ2n) is 3.79. The Morgan fingerprint density at radius 2 is 2.27 bits per heavy atom. The van der Waals surface area contributed by atoms with Gasteiger partial charge in [-0.3, -0.25) is 4.98 Å². The van der Waals surface area contributed by atoms with Crippen molar-refractivity contribution in [2.24, 2.45) is 0 Å². The van der Waals surface area contributed by atoms with Gasteiger partial charge < -0.3 is 4.90 Å². The third-order valence-electron chi connectivity index (χ3n) is 2.32. The molecule has 3 nitrogen and oxygen atoms in total. The zero-order valence-electron chi connectivity index (χ0n) is 9.57. The molecule has 0 aliphatic rings. The molecule has 80 valence electrons.